The molecule has 3 rings (SSSR count). The smallest absolute Gasteiger partial charge is 0.309 e. The molecule has 7 heteroatoms. The second kappa shape index (κ2) is 5.63. The molecule has 0 aromatic carbocycles. The fourth-order valence-electron chi connectivity index (χ4n) is 3.90. The second-order valence-corrected chi connectivity index (χ2v) is 7.07. The first-order chi connectivity index (χ1) is 10.8. The lowest BCUT2D eigenvalue weighted by Crippen LogP contribution is -2.44. The van der Waals surface area contributed by atoms with Gasteiger partial charge in [0.2, 0.25) is 0 Å². The van der Waals surface area contributed by atoms with E-state index >= 15 is 0 Å². The van der Waals surface area contributed by atoms with Crippen LogP contribution in [0.2, 0.25) is 0 Å². The number of carbonyl (C=O) groups excluding carboxylic acids is 1. The number of aromatic nitrogens is 2. The molecule has 126 valence electrons. The van der Waals surface area contributed by atoms with E-state index in [1.54, 1.807) is 4.57 Å². The molecule has 3 N–H and O–H groups in total. The minimum absolute atomic E-state index is 0.318. The number of aliphatic carboxylic acids is 1. The number of hydrogen-bond acceptors (Lipinski definition) is 4. The van der Waals surface area contributed by atoms with Crippen LogP contribution < -0.4 is 5.73 Å². The van der Waals surface area contributed by atoms with Crippen LogP contribution in [-0.4, -0.2) is 44.0 Å². The van der Waals surface area contributed by atoms with Crippen molar-refractivity contribution in [2.45, 2.75) is 51.6 Å². The number of carboxylic acids is 1. The van der Waals surface area contributed by atoms with Crippen LogP contribution in [0.1, 0.15) is 54.6 Å². The van der Waals surface area contributed by atoms with E-state index in [0.717, 1.165) is 37.2 Å². The first-order valence-corrected chi connectivity index (χ1v) is 8.13. The van der Waals surface area contributed by atoms with E-state index in [1.807, 2.05) is 14.0 Å². The van der Waals surface area contributed by atoms with Crippen LogP contribution >= 0.6 is 0 Å². The Hall–Kier alpha value is -1.89. The monoisotopic (exact) mass is 320 g/mol. The summed E-state index contributed by atoms with van der Waals surface area (Å²) >= 11 is 0. The van der Waals surface area contributed by atoms with E-state index in [4.69, 9.17) is 5.73 Å². The molecule has 1 amide bonds. The Kier molecular flexibility index (Phi) is 3.91. The quantitative estimate of drug-likeness (QED) is 0.862. The Bertz CT molecular complexity index is 644. The van der Waals surface area contributed by atoms with Gasteiger partial charge in [0.05, 0.1) is 11.1 Å². The molecule has 2 aliphatic rings. The first kappa shape index (κ1) is 16.0. The van der Waals surface area contributed by atoms with Gasteiger partial charge in [-0.3, -0.25) is 14.5 Å². The highest BCUT2D eigenvalue weighted by Gasteiger charge is 2.39. The lowest BCUT2D eigenvalue weighted by Gasteiger charge is -2.41. The number of nitrogens with zero attached hydrogens (tertiary/aromatic N) is 3. The number of fused-ring (bicyclic) bond motifs is 1. The van der Waals surface area contributed by atoms with Gasteiger partial charge in [0, 0.05) is 38.3 Å². The zero-order valence-electron chi connectivity index (χ0n) is 13.7. The second-order valence-electron chi connectivity index (χ2n) is 7.07. The average molecular weight is 320 g/mol. The summed E-state index contributed by atoms with van der Waals surface area (Å²) in [5.41, 5.74) is 6.80. The molecule has 1 fully saturated rings. The molecule has 1 aliphatic heterocycles. The van der Waals surface area contributed by atoms with Gasteiger partial charge < -0.3 is 15.4 Å². The van der Waals surface area contributed by atoms with Crippen molar-refractivity contribution in [3.8, 4) is 0 Å². The van der Waals surface area contributed by atoms with Gasteiger partial charge in [0.1, 0.15) is 0 Å². The Morgan fingerprint density at radius 3 is 2.57 bits per heavy atom. The predicted molar refractivity (Wildman–Crippen MR) is 83.8 cm³/mol. The van der Waals surface area contributed by atoms with Crippen molar-refractivity contribution in [1.82, 2.24) is 14.5 Å². The zero-order valence-corrected chi connectivity index (χ0v) is 13.7. The molecule has 0 unspecified atom stereocenters. The number of amides is 1. The van der Waals surface area contributed by atoms with Crippen molar-refractivity contribution < 1.29 is 14.7 Å². The molecule has 23 heavy (non-hydrogen) atoms. The van der Waals surface area contributed by atoms with E-state index in [9.17, 15) is 14.7 Å². The molecule has 1 aromatic heterocycles. The molecule has 7 nitrogen and oxygen atoms in total. The molecule has 0 bridgehead atoms. The van der Waals surface area contributed by atoms with Gasteiger partial charge in [-0.15, -0.1) is 0 Å². The minimum Gasteiger partial charge on any atom is -0.481 e. The van der Waals surface area contributed by atoms with Gasteiger partial charge in [-0.2, -0.15) is 0 Å². The molecule has 1 saturated carbocycles. The fourth-order valence-corrected chi connectivity index (χ4v) is 3.90. The maximum absolute atomic E-state index is 11.4. The summed E-state index contributed by atoms with van der Waals surface area (Å²) in [6.07, 6.45) is 4.07. The van der Waals surface area contributed by atoms with Crippen molar-refractivity contribution in [3.63, 3.8) is 0 Å². The molecule has 2 heterocycles. The predicted octanol–water partition coefficient (Wildman–Crippen LogP) is 0.911. The number of carbonyl (C=O) groups is 2. The van der Waals surface area contributed by atoms with Crippen LogP contribution in [0.3, 0.4) is 0 Å². The van der Waals surface area contributed by atoms with Gasteiger partial charge >= 0.3 is 5.97 Å². The Morgan fingerprint density at radius 2 is 2.00 bits per heavy atom. The molecule has 0 spiro atoms. The van der Waals surface area contributed by atoms with E-state index in [-0.39, 0.29) is 0 Å². The molecular formula is C16H24N4O3. The maximum Gasteiger partial charge on any atom is 0.309 e. The molecule has 1 aliphatic carbocycles. The topological polar surface area (TPSA) is 101 Å². The SMILES string of the molecule is Cn1c(C(N)=O)nc2c1CCN(C1CCC(C)(C(=O)O)CC1)C2. The highest BCUT2D eigenvalue weighted by molar-refractivity contribution is 5.89. The van der Waals surface area contributed by atoms with Crippen LogP contribution in [0.15, 0.2) is 0 Å². The normalized spacial score (nSPS) is 28.3. The zero-order chi connectivity index (χ0) is 16.8. The third kappa shape index (κ3) is 2.73. The summed E-state index contributed by atoms with van der Waals surface area (Å²) in [6, 6.07) is 0.398. The summed E-state index contributed by atoms with van der Waals surface area (Å²) in [5, 5.41) is 9.34. The largest absolute Gasteiger partial charge is 0.481 e. The number of nitrogens with two attached hydrogens (primary N) is 1. The van der Waals surface area contributed by atoms with Crippen molar-refractivity contribution in [3.05, 3.63) is 17.2 Å². The summed E-state index contributed by atoms with van der Waals surface area (Å²) < 4.78 is 1.80. The Morgan fingerprint density at radius 1 is 1.35 bits per heavy atom. The molecule has 0 atom stereocenters. The van der Waals surface area contributed by atoms with Gasteiger partial charge in [0.15, 0.2) is 5.82 Å². The maximum atomic E-state index is 11.4. The minimum atomic E-state index is -0.687. The number of carboxylic acid groups (broad SMARTS) is 1. The molecule has 1 aromatic rings. The van der Waals surface area contributed by atoms with Gasteiger partial charge in [0.25, 0.3) is 5.91 Å². The molecule has 0 radical (unpaired) electrons. The highest BCUT2D eigenvalue weighted by atomic mass is 16.4. The number of hydrogen-bond donors (Lipinski definition) is 2. The van der Waals surface area contributed by atoms with Crippen LogP contribution in [-0.2, 0) is 24.8 Å². The van der Waals surface area contributed by atoms with Crippen molar-refractivity contribution in [2.24, 2.45) is 18.2 Å². The summed E-state index contributed by atoms with van der Waals surface area (Å²) in [4.78, 5) is 29.6. The third-order valence-electron chi connectivity index (χ3n) is 5.60. The van der Waals surface area contributed by atoms with E-state index in [1.165, 1.54) is 0 Å². The molecular weight excluding hydrogens is 296 g/mol. The first-order valence-electron chi connectivity index (χ1n) is 8.13. The number of imidazole rings is 1. The summed E-state index contributed by atoms with van der Waals surface area (Å²) in [6.45, 7) is 3.47. The van der Waals surface area contributed by atoms with E-state index in [2.05, 4.69) is 9.88 Å². The van der Waals surface area contributed by atoms with E-state index < -0.39 is 17.3 Å². The van der Waals surface area contributed by atoms with Crippen molar-refractivity contribution >= 4 is 11.9 Å². The van der Waals surface area contributed by atoms with Gasteiger partial charge in [-0.25, -0.2) is 4.98 Å². The van der Waals surface area contributed by atoms with Crippen LogP contribution in [0.5, 0.6) is 0 Å². The summed E-state index contributed by atoms with van der Waals surface area (Å²) in [7, 11) is 1.83. The van der Waals surface area contributed by atoms with E-state index in [0.29, 0.717) is 31.3 Å². The van der Waals surface area contributed by atoms with Crippen molar-refractivity contribution in [1.29, 1.82) is 0 Å². The fraction of sp³-hybridized carbons (Fsp3) is 0.688. The van der Waals surface area contributed by atoms with Crippen LogP contribution in [0, 0.1) is 5.41 Å². The third-order valence-corrected chi connectivity index (χ3v) is 5.60. The van der Waals surface area contributed by atoms with Gasteiger partial charge in [-0.05, 0) is 32.6 Å². The molecule has 0 saturated heterocycles. The van der Waals surface area contributed by atoms with Gasteiger partial charge in [-0.1, -0.05) is 0 Å². The lowest BCUT2D eigenvalue weighted by molar-refractivity contribution is -0.150. The lowest BCUT2D eigenvalue weighted by atomic mass is 9.73. The standard InChI is InChI=1S/C16H24N4O3/c1-16(15(22)23)6-3-10(4-7-16)20-8-5-12-11(9-20)18-14(13(17)21)19(12)2/h10H,3-9H2,1-2H3,(H2,17,21)(H,22,23). The highest BCUT2D eigenvalue weighted by Crippen LogP contribution is 2.38. The van der Waals surface area contributed by atoms with Crippen molar-refractivity contribution in [2.75, 3.05) is 6.54 Å². The summed E-state index contributed by atoms with van der Waals surface area (Å²) in [5.74, 6) is -0.866. The number of primary amides is 1. The Labute approximate surface area is 135 Å². The average Bonchev–Trinajstić information content (AvgIpc) is 2.85. The van der Waals surface area contributed by atoms with Crippen LogP contribution in [0.25, 0.3) is 0 Å². The number of rotatable bonds is 3. The Balaban J connectivity index is 1.70. The van der Waals surface area contributed by atoms with Crippen LogP contribution in [0.4, 0.5) is 0 Å².